The van der Waals surface area contributed by atoms with Crippen LogP contribution in [0.1, 0.15) is 11.1 Å². The average molecular weight is 257 g/mol. The summed E-state index contributed by atoms with van der Waals surface area (Å²) in [7, 11) is -1.20. The molecule has 2 aromatic rings. The molecule has 2 rings (SSSR count). The molecule has 0 saturated carbocycles. The van der Waals surface area contributed by atoms with Crippen LogP contribution in [0.4, 0.5) is 0 Å². The van der Waals surface area contributed by atoms with Crippen molar-refractivity contribution in [2.45, 2.75) is 11.8 Å². The van der Waals surface area contributed by atoms with Crippen molar-refractivity contribution in [3.8, 4) is 0 Å². The van der Waals surface area contributed by atoms with Gasteiger partial charge in [0.25, 0.3) is 0 Å². The van der Waals surface area contributed by atoms with Crippen molar-refractivity contribution in [3.63, 3.8) is 0 Å². The van der Waals surface area contributed by atoms with Gasteiger partial charge in [0.15, 0.2) is 0 Å². The normalized spacial score (nSPS) is 12.5. The smallest absolute Gasteiger partial charge is 0.149 e. The minimum atomic E-state index is -1.20. The first kappa shape index (κ1) is 12.6. The SMILES string of the molecule is Cc1ccc([S@](=O)N/C=C/c2ccccc2)cc1. The third-order valence-corrected chi connectivity index (χ3v) is 3.54. The minimum Gasteiger partial charge on any atom is -0.308 e. The van der Waals surface area contributed by atoms with E-state index in [-0.39, 0.29) is 0 Å². The summed E-state index contributed by atoms with van der Waals surface area (Å²) in [6.45, 7) is 2.01. The second kappa shape index (κ2) is 6.17. The van der Waals surface area contributed by atoms with Gasteiger partial charge in [-0.15, -0.1) is 0 Å². The Hall–Kier alpha value is -1.87. The zero-order valence-electron chi connectivity index (χ0n) is 10.2. The van der Waals surface area contributed by atoms with Crippen LogP contribution in [0.25, 0.3) is 6.08 Å². The van der Waals surface area contributed by atoms with E-state index in [4.69, 9.17) is 0 Å². The van der Waals surface area contributed by atoms with Crippen molar-refractivity contribution in [1.82, 2.24) is 4.72 Å². The van der Waals surface area contributed by atoms with E-state index in [2.05, 4.69) is 4.72 Å². The molecule has 0 heterocycles. The highest BCUT2D eigenvalue weighted by Gasteiger charge is 1.99. The Labute approximate surface area is 110 Å². The quantitative estimate of drug-likeness (QED) is 0.894. The third-order valence-electron chi connectivity index (χ3n) is 2.49. The molecule has 1 N–H and O–H groups in total. The Morgan fingerprint density at radius 3 is 2.33 bits per heavy atom. The monoisotopic (exact) mass is 257 g/mol. The number of rotatable bonds is 4. The summed E-state index contributed by atoms with van der Waals surface area (Å²) in [5, 5.41) is 0. The highest BCUT2D eigenvalue weighted by molar-refractivity contribution is 7.83. The second-order valence-electron chi connectivity index (χ2n) is 3.94. The van der Waals surface area contributed by atoms with E-state index in [0.29, 0.717) is 0 Å². The molecule has 0 aliphatic heterocycles. The first-order valence-corrected chi connectivity index (χ1v) is 6.87. The average Bonchev–Trinajstić information content (AvgIpc) is 2.40. The Balaban J connectivity index is 1.96. The van der Waals surface area contributed by atoms with E-state index in [1.54, 1.807) is 6.20 Å². The molecule has 0 saturated heterocycles. The molecule has 0 amide bonds. The molecule has 0 unspecified atom stereocenters. The maximum Gasteiger partial charge on any atom is 0.149 e. The molecule has 0 aliphatic carbocycles. The molecule has 0 aromatic heterocycles. The summed E-state index contributed by atoms with van der Waals surface area (Å²) in [4.78, 5) is 0.776. The van der Waals surface area contributed by atoms with Crippen molar-refractivity contribution < 1.29 is 4.21 Å². The van der Waals surface area contributed by atoms with Gasteiger partial charge >= 0.3 is 0 Å². The van der Waals surface area contributed by atoms with Crippen LogP contribution < -0.4 is 4.72 Å². The molecular formula is C15H15NOS. The van der Waals surface area contributed by atoms with E-state index in [1.165, 1.54) is 0 Å². The van der Waals surface area contributed by atoms with Crippen LogP contribution in [-0.2, 0) is 11.0 Å². The summed E-state index contributed by atoms with van der Waals surface area (Å²) in [5.74, 6) is 0. The fourth-order valence-corrected chi connectivity index (χ4v) is 2.20. The summed E-state index contributed by atoms with van der Waals surface area (Å²) < 4.78 is 14.8. The largest absolute Gasteiger partial charge is 0.308 e. The van der Waals surface area contributed by atoms with Gasteiger partial charge in [-0.2, -0.15) is 0 Å². The Morgan fingerprint density at radius 1 is 1.00 bits per heavy atom. The molecule has 0 aliphatic rings. The van der Waals surface area contributed by atoms with E-state index in [0.717, 1.165) is 16.0 Å². The van der Waals surface area contributed by atoms with E-state index in [1.807, 2.05) is 67.6 Å². The lowest BCUT2D eigenvalue weighted by Gasteiger charge is -2.01. The van der Waals surface area contributed by atoms with Crippen molar-refractivity contribution in [2.24, 2.45) is 0 Å². The molecule has 0 fully saturated rings. The van der Waals surface area contributed by atoms with Crippen molar-refractivity contribution in [2.75, 3.05) is 0 Å². The van der Waals surface area contributed by atoms with E-state index < -0.39 is 11.0 Å². The highest BCUT2D eigenvalue weighted by atomic mass is 32.2. The molecular weight excluding hydrogens is 242 g/mol. The maximum absolute atomic E-state index is 11.9. The number of hydrogen-bond acceptors (Lipinski definition) is 1. The maximum atomic E-state index is 11.9. The van der Waals surface area contributed by atoms with Gasteiger partial charge in [-0.3, -0.25) is 0 Å². The van der Waals surface area contributed by atoms with Crippen LogP contribution in [0.15, 0.2) is 65.7 Å². The number of nitrogens with one attached hydrogen (secondary N) is 1. The van der Waals surface area contributed by atoms with Gasteiger partial charge in [-0.05, 0) is 30.7 Å². The van der Waals surface area contributed by atoms with Crippen LogP contribution in [0, 0.1) is 6.92 Å². The first-order chi connectivity index (χ1) is 8.75. The van der Waals surface area contributed by atoms with Crippen LogP contribution >= 0.6 is 0 Å². The molecule has 3 heteroatoms. The molecule has 18 heavy (non-hydrogen) atoms. The highest BCUT2D eigenvalue weighted by Crippen LogP contribution is 2.07. The van der Waals surface area contributed by atoms with Crippen LogP contribution in [-0.4, -0.2) is 4.21 Å². The lowest BCUT2D eigenvalue weighted by atomic mass is 10.2. The first-order valence-electron chi connectivity index (χ1n) is 5.72. The van der Waals surface area contributed by atoms with Gasteiger partial charge < -0.3 is 4.72 Å². The number of benzene rings is 2. The topological polar surface area (TPSA) is 29.1 Å². The summed E-state index contributed by atoms with van der Waals surface area (Å²) in [5.41, 5.74) is 2.24. The molecule has 0 spiro atoms. The van der Waals surface area contributed by atoms with E-state index >= 15 is 0 Å². The summed E-state index contributed by atoms with van der Waals surface area (Å²) >= 11 is 0. The van der Waals surface area contributed by atoms with Crippen LogP contribution in [0.5, 0.6) is 0 Å². The molecule has 0 radical (unpaired) electrons. The van der Waals surface area contributed by atoms with E-state index in [9.17, 15) is 4.21 Å². The Morgan fingerprint density at radius 2 is 1.67 bits per heavy atom. The Bertz CT molecular complexity index is 546. The van der Waals surface area contributed by atoms with Gasteiger partial charge in [-0.25, -0.2) is 4.21 Å². The molecule has 2 nitrogen and oxygen atoms in total. The minimum absolute atomic E-state index is 0.776. The van der Waals surface area contributed by atoms with Crippen LogP contribution in [0.3, 0.4) is 0 Å². The predicted molar refractivity (Wildman–Crippen MR) is 76.2 cm³/mol. The van der Waals surface area contributed by atoms with Crippen LogP contribution in [0.2, 0.25) is 0 Å². The predicted octanol–water partition coefficient (Wildman–Crippen LogP) is 3.28. The van der Waals surface area contributed by atoms with Gasteiger partial charge in [0.05, 0.1) is 4.90 Å². The second-order valence-corrected chi connectivity index (χ2v) is 5.19. The lowest BCUT2D eigenvalue weighted by Crippen LogP contribution is -2.09. The molecule has 1 atom stereocenters. The van der Waals surface area contributed by atoms with Gasteiger partial charge in [-0.1, -0.05) is 48.0 Å². The fourth-order valence-electron chi connectivity index (χ4n) is 1.49. The number of hydrogen-bond donors (Lipinski definition) is 1. The summed E-state index contributed by atoms with van der Waals surface area (Å²) in [6.07, 6.45) is 3.61. The van der Waals surface area contributed by atoms with Crippen molar-refractivity contribution in [3.05, 3.63) is 71.9 Å². The standard InChI is InChI=1S/C15H15NOS/c1-13-7-9-15(10-8-13)18(17)16-12-11-14-5-3-2-4-6-14/h2-12,16H,1H3/b12-11+/t18-/m0/s1. The number of aryl methyl sites for hydroxylation is 1. The molecule has 2 aromatic carbocycles. The Kier molecular flexibility index (Phi) is 4.31. The fraction of sp³-hybridized carbons (Fsp3) is 0.0667. The molecule has 0 bridgehead atoms. The summed E-state index contributed by atoms with van der Waals surface area (Å²) in [6, 6.07) is 17.5. The van der Waals surface area contributed by atoms with Gasteiger partial charge in [0, 0.05) is 6.20 Å². The lowest BCUT2D eigenvalue weighted by molar-refractivity contribution is 0.680. The van der Waals surface area contributed by atoms with Gasteiger partial charge in [0.1, 0.15) is 11.0 Å². The molecule has 92 valence electrons. The van der Waals surface area contributed by atoms with Gasteiger partial charge in [0.2, 0.25) is 0 Å². The van der Waals surface area contributed by atoms with Crippen molar-refractivity contribution >= 4 is 17.1 Å². The zero-order chi connectivity index (χ0) is 12.8. The third kappa shape index (κ3) is 3.57. The zero-order valence-corrected chi connectivity index (χ0v) is 11.0. The van der Waals surface area contributed by atoms with Crippen molar-refractivity contribution in [1.29, 1.82) is 0 Å².